The fourth-order valence-electron chi connectivity index (χ4n) is 3.05. The van der Waals surface area contributed by atoms with Gasteiger partial charge < -0.3 is 4.90 Å². The molecule has 1 N–H and O–H groups in total. The first kappa shape index (κ1) is 15.5. The van der Waals surface area contributed by atoms with Gasteiger partial charge in [0.25, 0.3) is 5.91 Å². The Morgan fingerprint density at radius 1 is 1.22 bits per heavy atom. The summed E-state index contributed by atoms with van der Waals surface area (Å²) >= 11 is 0. The zero-order valence-corrected chi connectivity index (χ0v) is 12.2. The number of imide groups is 1. The minimum atomic E-state index is -4.64. The van der Waals surface area contributed by atoms with Crippen molar-refractivity contribution in [1.29, 1.82) is 0 Å². The summed E-state index contributed by atoms with van der Waals surface area (Å²) in [5, 5.41) is 2.12. The first-order valence-corrected chi connectivity index (χ1v) is 7.04. The van der Waals surface area contributed by atoms with Gasteiger partial charge in [0.1, 0.15) is 6.04 Å². The molecule has 3 rings (SSSR count). The monoisotopic (exact) mass is 326 g/mol. The summed E-state index contributed by atoms with van der Waals surface area (Å²) in [4.78, 5) is 36.7. The lowest BCUT2D eigenvalue weighted by molar-refractivity contribution is -0.138. The molecule has 122 valence electrons. The van der Waals surface area contributed by atoms with Crippen molar-refractivity contribution in [2.24, 2.45) is 0 Å². The third kappa shape index (κ3) is 2.47. The minimum absolute atomic E-state index is 0.0572. The molecule has 8 heteroatoms. The molecule has 0 aromatic heterocycles. The van der Waals surface area contributed by atoms with Gasteiger partial charge >= 0.3 is 6.18 Å². The Bertz CT molecular complexity index is 727. The zero-order chi connectivity index (χ0) is 16.9. The number of carbonyl (C=O) groups excluding carboxylic acids is 3. The van der Waals surface area contributed by atoms with E-state index in [-0.39, 0.29) is 30.5 Å². The maximum absolute atomic E-state index is 13.2. The van der Waals surface area contributed by atoms with Gasteiger partial charge in [-0.25, -0.2) is 0 Å². The number of fused-ring (bicyclic) bond motifs is 1. The van der Waals surface area contributed by atoms with Crippen LogP contribution in [-0.2, 0) is 22.3 Å². The van der Waals surface area contributed by atoms with Gasteiger partial charge in [-0.05, 0) is 30.5 Å². The predicted octanol–water partition coefficient (Wildman–Crippen LogP) is 1.77. The van der Waals surface area contributed by atoms with E-state index in [0.29, 0.717) is 5.56 Å². The molecule has 0 aliphatic carbocycles. The SMILES string of the molecule is Cc1ccc(C(F)(F)F)c2c1CN(C1CCC(=O)NC1=O)C2=O. The number of aryl methyl sites for hydroxylation is 1. The van der Waals surface area contributed by atoms with Gasteiger partial charge in [0.15, 0.2) is 0 Å². The number of hydrogen-bond donors (Lipinski definition) is 1. The van der Waals surface area contributed by atoms with E-state index in [1.165, 1.54) is 6.07 Å². The van der Waals surface area contributed by atoms with Crippen LogP contribution in [-0.4, -0.2) is 28.7 Å². The second-order valence-corrected chi connectivity index (χ2v) is 5.68. The van der Waals surface area contributed by atoms with Crippen LogP contribution in [0.3, 0.4) is 0 Å². The van der Waals surface area contributed by atoms with Crippen LogP contribution in [0, 0.1) is 6.92 Å². The van der Waals surface area contributed by atoms with Crippen LogP contribution in [0.1, 0.15) is 39.9 Å². The van der Waals surface area contributed by atoms with Crippen LogP contribution < -0.4 is 5.32 Å². The number of halogens is 3. The van der Waals surface area contributed by atoms with Gasteiger partial charge in [0, 0.05) is 13.0 Å². The fraction of sp³-hybridized carbons (Fsp3) is 0.400. The number of rotatable bonds is 1. The molecule has 2 aliphatic rings. The number of amides is 3. The molecule has 0 radical (unpaired) electrons. The van der Waals surface area contributed by atoms with E-state index in [9.17, 15) is 27.6 Å². The Kier molecular flexibility index (Phi) is 3.42. The standard InChI is InChI=1S/C15H13F3N2O3/c1-7-2-3-9(15(16,17)18)12-8(7)6-20(14(12)23)10-4-5-11(21)19-13(10)22/h2-3,10H,4-6H2,1H3,(H,19,21,22). The predicted molar refractivity (Wildman–Crippen MR) is 72.2 cm³/mol. The van der Waals surface area contributed by atoms with Crippen molar-refractivity contribution in [3.63, 3.8) is 0 Å². The van der Waals surface area contributed by atoms with Crippen LogP contribution in [0.5, 0.6) is 0 Å². The topological polar surface area (TPSA) is 66.5 Å². The fourth-order valence-corrected chi connectivity index (χ4v) is 3.05. The highest BCUT2D eigenvalue weighted by Gasteiger charge is 2.45. The highest BCUT2D eigenvalue weighted by molar-refractivity contribution is 6.06. The number of nitrogens with one attached hydrogen (secondary N) is 1. The first-order valence-electron chi connectivity index (χ1n) is 7.04. The Morgan fingerprint density at radius 2 is 1.91 bits per heavy atom. The summed E-state index contributed by atoms with van der Waals surface area (Å²) in [6.07, 6.45) is -4.47. The molecule has 1 fully saturated rings. The van der Waals surface area contributed by atoms with Crippen LogP contribution in [0.2, 0.25) is 0 Å². The summed E-state index contributed by atoms with van der Waals surface area (Å²) in [6, 6.07) is 1.29. The first-order chi connectivity index (χ1) is 10.7. The summed E-state index contributed by atoms with van der Waals surface area (Å²) < 4.78 is 39.5. The molecule has 0 saturated carbocycles. The third-order valence-corrected chi connectivity index (χ3v) is 4.24. The Balaban J connectivity index is 2.01. The smallest absolute Gasteiger partial charge is 0.322 e. The lowest BCUT2D eigenvalue weighted by Crippen LogP contribution is -2.52. The highest BCUT2D eigenvalue weighted by Crippen LogP contribution is 2.39. The van der Waals surface area contributed by atoms with Gasteiger partial charge in [-0.15, -0.1) is 0 Å². The van der Waals surface area contributed by atoms with Crippen molar-refractivity contribution in [3.8, 4) is 0 Å². The van der Waals surface area contributed by atoms with Crippen molar-refractivity contribution in [1.82, 2.24) is 10.2 Å². The lowest BCUT2D eigenvalue weighted by Gasteiger charge is -2.29. The molecule has 2 aliphatic heterocycles. The van der Waals surface area contributed by atoms with Gasteiger partial charge in [-0.3, -0.25) is 19.7 Å². The zero-order valence-electron chi connectivity index (χ0n) is 12.2. The average Bonchev–Trinajstić information content (AvgIpc) is 2.77. The van der Waals surface area contributed by atoms with E-state index < -0.39 is 35.5 Å². The van der Waals surface area contributed by atoms with Gasteiger partial charge in [0.2, 0.25) is 11.8 Å². The third-order valence-electron chi connectivity index (χ3n) is 4.24. The van der Waals surface area contributed by atoms with E-state index in [1.54, 1.807) is 6.92 Å². The number of hydrogen-bond acceptors (Lipinski definition) is 3. The van der Waals surface area contributed by atoms with Crippen LogP contribution in [0.15, 0.2) is 12.1 Å². The summed E-state index contributed by atoms with van der Waals surface area (Å²) in [5.41, 5.74) is -0.522. The van der Waals surface area contributed by atoms with Crippen molar-refractivity contribution in [2.45, 2.75) is 38.5 Å². The molecule has 2 heterocycles. The molecule has 23 heavy (non-hydrogen) atoms. The number of carbonyl (C=O) groups is 3. The second kappa shape index (κ2) is 5.07. The van der Waals surface area contributed by atoms with E-state index in [0.717, 1.165) is 11.0 Å². The maximum Gasteiger partial charge on any atom is 0.417 e. The second-order valence-electron chi connectivity index (χ2n) is 5.68. The number of nitrogens with zero attached hydrogens (tertiary/aromatic N) is 1. The summed E-state index contributed by atoms with van der Waals surface area (Å²) in [7, 11) is 0. The summed E-state index contributed by atoms with van der Waals surface area (Å²) in [6.45, 7) is 1.57. The number of benzene rings is 1. The van der Waals surface area contributed by atoms with Crippen molar-refractivity contribution < 1.29 is 27.6 Å². The number of piperidine rings is 1. The van der Waals surface area contributed by atoms with Crippen molar-refractivity contribution in [3.05, 3.63) is 34.4 Å². The van der Waals surface area contributed by atoms with E-state index in [2.05, 4.69) is 5.32 Å². The highest BCUT2D eigenvalue weighted by atomic mass is 19.4. The average molecular weight is 326 g/mol. The molecular weight excluding hydrogens is 313 g/mol. The van der Waals surface area contributed by atoms with Crippen molar-refractivity contribution >= 4 is 17.7 Å². The lowest BCUT2D eigenvalue weighted by atomic mass is 9.98. The van der Waals surface area contributed by atoms with Crippen LogP contribution in [0.25, 0.3) is 0 Å². The Labute approximate surface area is 129 Å². The van der Waals surface area contributed by atoms with Gasteiger partial charge in [0.05, 0.1) is 11.1 Å². The minimum Gasteiger partial charge on any atom is -0.322 e. The molecule has 0 bridgehead atoms. The molecule has 5 nitrogen and oxygen atoms in total. The Hall–Kier alpha value is -2.38. The number of alkyl halides is 3. The molecule has 3 amide bonds. The molecular formula is C15H13F3N2O3. The molecule has 1 aromatic rings. The molecule has 1 aromatic carbocycles. The van der Waals surface area contributed by atoms with Gasteiger partial charge in [-0.1, -0.05) is 6.07 Å². The normalized spacial score (nSPS) is 21.5. The largest absolute Gasteiger partial charge is 0.417 e. The summed E-state index contributed by atoms with van der Waals surface area (Å²) in [5.74, 6) is -1.90. The quantitative estimate of drug-likeness (QED) is 0.800. The van der Waals surface area contributed by atoms with E-state index >= 15 is 0 Å². The molecule has 1 saturated heterocycles. The van der Waals surface area contributed by atoms with Crippen LogP contribution in [0.4, 0.5) is 13.2 Å². The van der Waals surface area contributed by atoms with Gasteiger partial charge in [-0.2, -0.15) is 13.2 Å². The van der Waals surface area contributed by atoms with E-state index in [4.69, 9.17) is 0 Å². The molecule has 1 atom stereocenters. The van der Waals surface area contributed by atoms with E-state index in [1.807, 2.05) is 0 Å². The van der Waals surface area contributed by atoms with Crippen molar-refractivity contribution in [2.75, 3.05) is 0 Å². The van der Waals surface area contributed by atoms with Crippen LogP contribution >= 0.6 is 0 Å². The Morgan fingerprint density at radius 3 is 2.52 bits per heavy atom. The maximum atomic E-state index is 13.2. The molecule has 1 unspecified atom stereocenters. The molecule has 0 spiro atoms.